The number of benzene rings is 1. The zero-order chi connectivity index (χ0) is 15.1. The minimum Gasteiger partial charge on any atom is -0.338 e. The zero-order valence-corrected chi connectivity index (χ0v) is 11.9. The Morgan fingerprint density at radius 3 is 2.55 bits per heavy atom. The number of urea groups is 1. The predicted octanol–water partition coefficient (Wildman–Crippen LogP) is 2.95. The summed E-state index contributed by atoms with van der Waals surface area (Å²) < 4.78 is 13.4. The number of hydrogen-bond acceptors (Lipinski definition) is 2. The van der Waals surface area contributed by atoms with Gasteiger partial charge >= 0.3 is 6.03 Å². The van der Waals surface area contributed by atoms with E-state index in [-0.39, 0.29) is 17.6 Å². The molecule has 1 aromatic carbocycles. The van der Waals surface area contributed by atoms with E-state index in [1.54, 1.807) is 0 Å². The van der Waals surface area contributed by atoms with Crippen LogP contribution < -0.4 is 16.0 Å². The van der Waals surface area contributed by atoms with E-state index in [1.807, 2.05) is 0 Å². The maximum absolute atomic E-state index is 13.4. The van der Waals surface area contributed by atoms with Crippen molar-refractivity contribution in [2.75, 3.05) is 17.2 Å². The Balaban J connectivity index is 2.59. The van der Waals surface area contributed by atoms with E-state index < -0.39 is 5.82 Å². The van der Waals surface area contributed by atoms with Crippen molar-refractivity contribution in [3.05, 3.63) is 24.0 Å². The summed E-state index contributed by atoms with van der Waals surface area (Å²) in [6.07, 6.45) is 0.883. The van der Waals surface area contributed by atoms with Crippen molar-refractivity contribution in [3.8, 4) is 0 Å². The van der Waals surface area contributed by atoms with Crippen LogP contribution in [0, 0.1) is 11.7 Å². The maximum atomic E-state index is 13.4. The Morgan fingerprint density at radius 1 is 1.25 bits per heavy atom. The summed E-state index contributed by atoms with van der Waals surface area (Å²) in [7, 11) is 0. The number of carbonyl (C=O) groups excluding carboxylic acids is 2. The highest BCUT2D eigenvalue weighted by Crippen LogP contribution is 2.19. The van der Waals surface area contributed by atoms with Crippen LogP contribution in [0.3, 0.4) is 0 Å². The smallest absolute Gasteiger partial charge is 0.319 e. The molecule has 110 valence electrons. The second-order valence-corrected chi connectivity index (χ2v) is 4.94. The standard InChI is InChI=1S/C14H20FN3O2/c1-9(2)6-7-16-14(20)18-11-4-5-12(15)13(8-11)17-10(3)19/h4-5,8-9H,6-7H2,1-3H3,(H,17,19)(H2,16,18,20). The fraction of sp³-hybridized carbons (Fsp3) is 0.429. The van der Waals surface area contributed by atoms with Crippen LogP contribution in [0.4, 0.5) is 20.6 Å². The van der Waals surface area contributed by atoms with Crippen LogP contribution in [-0.4, -0.2) is 18.5 Å². The van der Waals surface area contributed by atoms with E-state index in [2.05, 4.69) is 29.8 Å². The van der Waals surface area contributed by atoms with E-state index in [9.17, 15) is 14.0 Å². The fourth-order valence-electron chi connectivity index (χ4n) is 1.54. The average Bonchev–Trinajstić information content (AvgIpc) is 2.32. The molecule has 0 spiro atoms. The predicted molar refractivity (Wildman–Crippen MR) is 77.2 cm³/mol. The molecule has 0 unspecified atom stereocenters. The summed E-state index contributed by atoms with van der Waals surface area (Å²) in [5.74, 6) is -0.416. The third-order valence-corrected chi connectivity index (χ3v) is 2.54. The molecule has 0 aliphatic carbocycles. The molecule has 3 amide bonds. The summed E-state index contributed by atoms with van der Waals surface area (Å²) in [4.78, 5) is 22.5. The minimum atomic E-state index is -0.550. The molecule has 1 rings (SSSR count). The van der Waals surface area contributed by atoms with E-state index in [0.29, 0.717) is 18.2 Å². The van der Waals surface area contributed by atoms with Gasteiger partial charge in [-0.15, -0.1) is 0 Å². The second-order valence-electron chi connectivity index (χ2n) is 4.94. The van der Waals surface area contributed by atoms with Gasteiger partial charge < -0.3 is 16.0 Å². The number of rotatable bonds is 5. The lowest BCUT2D eigenvalue weighted by atomic mass is 10.1. The van der Waals surface area contributed by atoms with Crippen LogP contribution in [0.2, 0.25) is 0 Å². The Hall–Kier alpha value is -2.11. The average molecular weight is 281 g/mol. The molecule has 0 fully saturated rings. The lowest BCUT2D eigenvalue weighted by molar-refractivity contribution is -0.114. The summed E-state index contributed by atoms with van der Waals surface area (Å²) in [6.45, 7) is 6.00. The van der Waals surface area contributed by atoms with E-state index in [4.69, 9.17) is 0 Å². The number of amides is 3. The number of carbonyl (C=O) groups is 2. The number of anilines is 2. The van der Waals surface area contributed by atoms with Crippen molar-refractivity contribution < 1.29 is 14.0 Å². The van der Waals surface area contributed by atoms with E-state index in [0.717, 1.165) is 6.42 Å². The molecular weight excluding hydrogens is 261 g/mol. The Kier molecular flexibility index (Phi) is 5.96. The third-order valence-electron chi connectivity index (χ3n) is 2.54. The minimum absolute atomic E-state index is 0.0393. The Morgan fingerprint density at radius 2 is 1.95 bits per heavy atom. The second kappa shape index (κ2) is 7.47. The SMILES string of the molecule is CC(=O)Nc1cc(NC(=O)NCCC(C)C)ccc1F. The van der Waals surface area contributed by atoms with Crippen molar-refractivity contribution in [2.24, 2.45) is 5.92 Å². The Bertz CT molecular complexity index is 489. The van der Waals surface area contributed by atoms with Crippen molar-refractivity contribution in [1.82, 2.24) is 5.32 Å². The normalized spacial score (nSPS) is 10.2. The maximum Gasteiger partial charge on any atom is 0.319 e. The summed E-state index contributed by atoms with van der Waals surface area (Å²) in [5, 5.41) is 7.65. The molecule has 5 nitrogen and oxygen atoms in total. The molecule has 0 radical (unpaired) electrons. The zero-order valence-electron chi connectivity index (χ0n) is 11.9. The first-order chi connectivity index (χ1) is 9.38. The summed E-state index contributed by atoms with van der Waals surface area (Å²) in [5.41, 5.74) is 0.453. The van der Waals surface area contributed by atoms with Gasteiger partial charge in [-0.2, -0.15) is 0 Å². The first-order valence-corrected chi connectivity index (χ1v) is 6.50. The van der Waals surface area contributed by atoms with Gasteiger partial charge in [0.2, 0.25) is 5.91 Å². The molecule has 0 atom stereocenters. The lowest BCUT2D eigenvalue weighted by Crippen LogP contribution is -2.30. The molecule has 6 heteroatoms. The molecule has 0 heterocycles. The molecule has 0 saturated heterocycles. The first-order valence-electron chi connectivity index (χ1n) is 6.50. The quantitative estimate of drug-likeness (QED) is 0.776. The van der Waals surface area contributed by atoms with Crippen LogP contribution in [0.15, 0.2) is 18.2 Å². The lowest BCUT2D eigenvalue weighted by Gasteiger charge is -2.10. The molecule has 20 heavy (non-hydrogen) atoms. The van der Waals surface area contributed by atoms with Crippen LogP contribution in [0.1, 0.15) is 27.2 Å². The largest absolute Gasteiger partial charge is 0.338 e. The Labute approximate surface area is 117 Å². The van der Waals surface area contributed by atoms with Crippen LogP contribution in [0.25, 0.3) is 0 Å². The molecule has 0 aromatic heterocycles. The number of nitrogens with one attached hydrogen (secondary N) is 3. The number of hydrogen-bond donors (Lipinski definition) is 3. The van der Waals surface area contributed by atoms with Crippen molar-refractivity contribution >= 4 is 23.3 Å². The van der Waals surface area contributed by atoms with Crippen molar-refractivity contribution in [1.29, 1.82) is 0 Å². The molecule has 0 aliphatic heterocycles. The highest BCUT2D eigenvalue weighted by molar-refractivity contribution is 5.92. The van der Waals surface area contributed by atoms with Gasteiger partial charge in [0.25, 0.3) is 0 Å². The molecule has 0 bridgehead atoms. The molecule has 0 aliphatic rings. The van der Waals surface area contributed by atoms with Crippen LogP contribution >= 0.6 is 0 Å². The monoisotopic (exact) mass is 281 g/mol. The first kappa shape index (κ1) is 15.9. The van der Waals surface area contributed by atoms with Gasteiger partial charge in [-0.3, -0.25) is 4.79 Å². The summed E-state index contributed by atoms with van der Waals surface area (Å²) in [6, 6.07) is 3.64. The third kappa shape index (κ3) is 5.69. The number of halogens is 1. The van der Waals surface area contributed by atoms with Gasteiger partial charge in [-0.05, 0) is 30.5 Å². The van der Waals surface area contributed by atoms with Gasteiger partial charge in [0.05, 0.1) is 5.69 Å². The van der Waals surface area contributed by atoms with Gasteiger partial charge in [0, 0.05) is 19.2 Å². The highest BCUT2D eigenvalue weighted by Gasteiger charge is 2.07. The van der Waals surface area contributed by atoms with Crippen LogP contribution in [0.5, 0.6) is 0 Å². The molecule has 0 saturated carbocycles. The van der Waals surface area contributed by atoms with E-state index in [1.165, 1.54) is 25.1 Å². The van der Waals surface area contributed by atoms with E-state index >= 15 is 0 Å². The highest BCUT2D eigenvalue weighted by atomic mass is 19.1. The topological polar surface area (TPSA) is 70.2 Å². The molecular formula is C14H20FN3O2. The van der Waals surface area contributed by atoms with Gasteiger partial charge in [-0.1, -0.05) is 13.8 Å². The summed E-state index contributed by atoms with van der Waals surface area (Å²) >= 11 is 0. The van der Waals surface area contributed by atoms with Crippen molar-refractivity contribution in [2.45, 2.75) is 27.2 Å². The molecule has 1 aromatic rings. The molecule has 3 N–H and O–H groups in total. The van der Waals surface area contributed by atoms with Crippen molar-refractivity contribution in [3.63, 3.8) is 0 Å². The van der Waals surface area contributed by atoms with Gasteiger partial charge in [-0.25, -0.2) is 9.18 Å². The van der Waals surface area contributed by atoms with Gasteiger partial charge in [0.1, 0.15) is 5.82 Å². The fourth-order valence-corrected chi connectivity index (χ4v) is 1.54. The van der Waals surface area contributed by atoms with Gasteiger partial charge in [0.15, 0.2) is 0 Å². The van der Waals surface area contributed by atoms with Crippen LogP contribution in [-0.2, 0) is 4.79 Å².